The summed E-state index contributed by atoms with van der Waals surface area (Å²) in [7, 11) is 0. The van der Waals surface area contributed by atoms with Gasteiger partial charge in [0.15, 0.2) is 5.11 Å². The minimum atomic E-state index is -0.131. The Hall–Kier alpha value is -1.95. The molecule has 6 heteroatoms. The lowest BCUT2D eigenvalue weighted by molar-refractivity contribution is -0.120. The molecule has 0 atom stereocenters. The van der Waals surface area contributed by atoms with Gasteiger partial charge in [0.25, 0.3) is 5.91 Å². The summed E-state index contributed by atoms with van der Waals surface area (Å²) in [5, 5.41) is 8.71. The maximum Gasteiger partial charge on any atom is 0.251 e. The summed E-state index contributed by atoms with van der Waals surface area (Å²) in [5.41, 5.74) is 1.24. The van der Waals surface area contributed by atoms with E-state index in [1.54, 1.807) is 18.2 Å². The monoisotopic (exact) mass is 361 g/mol. The quantitative estimate of drug-likeness (QED) is 0.677. The Bertz CT molecular complexity index is 612. The Morgan fingerprint density at radius 1 is 1.20 bits per heavy atom. The molecule has 1 aromatic carbocycles. The van der Waals surface area contributed by atoms with Crippen LogP contribution in [-0.2, 0) is 4.79 Å². The summed E-state index contributed by atoms with van der Waals surface area (Å²) in [6.45, 7) is 2.45. The molecule has 0 heterocycles. The molecule has 0 aromatic heterocycles. The maximum absolute atomic E-state index is 12.0. The Labute approximate surface area is 155 Å². The third kappa shape index (κ3) is 6.82. The van der Waals surface area contributed by atoms with E-state index < -0.39 is 0 Å². The summed E-state index contributed by atoms with van der Waals surface area (Å²) in [6.07, 6.45) is 7.81. The fourth-order valence-electron chi connectivity index (χ4n) is 3.16. The van der Waals surface area contributed by atoms with Crippen molar-refractivity contribution in [2.45, 2.75) is 51.9 Å². The number of rotatable bonds is 6. The lowest BCUT2D eigenvalue weighted by Crippen LogP contribution is -2.34. The number of carbonyl (C=O) groups is 2. The minimum absolute atomic E-state index is 0.0528. The molecule has 3 N–H and O–H groups in total. The van der Waals surface area contributed by atoms with Crippen molar-refractivity contribution in [1.82, 2.24) is 10.6 Å². The van der Waals surface area contributed by atoms with Crippen LogP contribution in [0.25, 0.3) is 0 Å². The van der Waals surface area contributed by atoms with Crippen molar-refractivity contribution in [2.24, 2.45) is 5.92 Å². The zero-order valence-electron chi connectivity index (χ0n) is 14.8. The first-order valence-corrected chi connectivity index (χ1v) is 9.48. The molecule has 5 nitrogen and oxygen atoms in total. The second-order valence-corrected chi connectivity index (χ2v) is 6.89. The van der Waals surface area contributed by atoms with Crippen LogP contribution in [0.1, 0.15) is 62.2 Å². The van der Waals surface area contributed by atoms with E-state index in [0.29, 0.717) is 30.1 Å². The van der Waals surface area contributed by atoms with Crippen LogP contribution in [-0.4, -0.2) is 23.5 Å². The van der Waals surface area contributed by atoms with E-state index in [1.807, 2.05) is 13.0 Å². The van der Waals surface area contributed by atoms with Crippen molar-refractivity contribution >= 4 is 34.8 Å². The Morgan fingerprint density at radius 2 is 1.96 bits per heavy atom. The normalized spacial score (nSPS) is 14.6. The Balaban J connectivity index is 1.78. The van der Waals surface area contributed by atoms with Gasteiger partial charge in [-0.15, -0.1) is 0 Å². The van der Waals surface area contributed by atoms with Crippen LogP contribution in [0, 0.1) is 5.92 Å². The fourth-order valence-corrected chi connectivity index (χ4v) is 3.40. The number of thiocarbonyl (C=S) groups is 1. The van der Waals surface area contributed by atoms with Crippen LogP contribution in [0.5, 0.6) is 0 Å². The predicted octanol–water partition coefficient (Wildman–Crippen LogP) is 3.61. The van der Waals surface area contributed by atoms with Crippen molar-refractivity contribution in [3.05, 3.63) is 29.8 Å². The smallest absolute Gasteiger partial charge is 0.251 e. The molecule has 1 saturated carbocycles. The van der Waals surface area contributed by atoms with Crippen molar-refractivity contribution in [3.8, 4) is 0 Å². The van der Waals surface area contributed by atoms with Crippen LogP contribution >= 0.6 is 12.2 Å². The molecule has 1 fully saturated rings. The van der Waals surface area contributed by atoms with Crippen molar-refractivity contribution in [1.29, 1.82) is 0 Å². The predicted molar refractivity (Wildman–Crippen MR) is 105 cm³/mol. The molecule has 2 rings (SSSR count). The zero-order chi connectivity index (χ0) is 18.1. The Kier molecular flexibility index (Phi) is 7.85. The molecule has 0 radical (unpaired) electrons. The van der Waals surface area contributed by atoms with Gasteiger partial charge in [0.1, 0.15) is 0 Å². The molecule has 0 spiro atoms. The van der Waals surface area contributed by atoms with Crippen LogP contribution in [0.15, 0.2) is 24.3 Å². The average molecular weight is 362 g/mol. The lowest BCUT2D eigenvalue weighted by atomic mass is 9.86. The molecule has 136 valence electrons. The van der Waals surface area contributed by atoms with Gasteiger partial charge in [-0.2, -0.15) is 0 Å². The third-order valence-corrected chi connectivity index (χ3v) is 4.68. The molecule has 0 aliphatic heterocycles. The SMILES string of the molecule is CCNC(=O)c1cccc(NC(=S)NC(=O)CCC2CCCCC2)c1. The fraction of sp³-hybridized carbons (Fsp3) is 0.526. The largest absolute Gasteiger partial charge is 0.352 e. The van der Waals surface area contributed by atoms with Crippen LogP contribution < -0.4 is 16.0 Å². The highest BCUT2D eigenvalue weighted by Gasteiger charge is 2.15. The molecule has 2 amide bonds. The first-order chi connectivity index (χ1) is 12.1. The molecule has 1 aromatic rings. The van der Waals surface area contributed by atoms with E-state index in [9.17, 15) is 9.59 Å². The number of hydrogen-bond donors (Lipinski definition) is 3. The second kappa shape index (κ2) is 10.1. The number of nitrogens with one attached hydrogen (secondary N) is 3. The number of amides is 2. The number of carbonyl (C=O) groups excluding carboxylic acids is 2. The first-order valence-electron chi connectivity index (χ1n) is 9.07. The van der Waals surface area contributed by atoms with Crippen molar-refractivity contribution in [3.63, 3.8) is 0 Å². The molecule has 1 aliphatic carbocycles. The second-order valence-electron chi connectivity index (χ2n) is 6.49. The standard InChI is InChI=1S/C19H27N3O2S/c1-2-20-18(24)15-9-6-10-16(13-15)21-19(25)22-17(23)12-11-14-7-4-3-5-8-14/h6,9-10,13-14H,2-5,7-8,11-12H2,1H3,(H,20,24)(H2,21,22,23,25). The van der Waals surface area contributed by atoms with E-state index in [4.69, 9.17) is 12.2 Å². The molecule has 25 heavy (non-hydrogen) atoms. The average Bonchev–Trinajstić information content (AvgIpc) is 2.61. The van der Waals surface area contributed by atoms with Gasteiger partial charge in [0.2, 0.25) is 5.91 Å². The molecule has 1 aliphatic rings. The van der Waals surface area contributed by atoms with Crippen LogP contribution in [0.4, 0.5) is 5.69 Å². The highest BCUT2D eigenvalue weighted by atomic mass is 32.1. The van der Waals surface area contributed by atoms with Gasteiger partial charge in [-0.05, 0) is 49.7 Å². The third-order valence-electron chi connectivity index (χ3n) is 4.48. The summed E-state index contributed by atoms with van der Waals surface area (Å²) in [4.78, 5) is 23.9. The van der Waals surface area contributed by atoms with Crippen molar-refractivity contribution < 1.29 is 9.59 Å². The number of benzene rings is 1. The van der Waals surface area contributed by atoms with Gasteiger partial charge >= 0.3 is 0 Å². The summed E-state index contributed by atoms with van der Waals surface area (Å²) in [5.74, 6) is 0.492. The van der Waals surface area contributed by atoms with E-state index in [-0.39, 0.29) is 16.9 Å². The molecule has 0 saturated heterocycles. The van der Waals surface area contributed by atoms with Crippen LogP contribution in [0.2, 0.25) is 0 Å². The van der Waals surface area contributed by atoms with Crippen molar-refractivity contribution in [2.75, 3.05) is 11.9 Å². The van der Waals surface area contributed by atoms with Gasteiger partial charge in [-0.3, -0.25) is 9.59 Å². The molecule has 0 unspecified atom stereocenters. The van der Waals surface area contributed by atoms with Gasteiger partial charge in [-0.1, -0.05) is 38.2 Å². The van der Waals surface area contributed by atoms with Gasteiger partial charge in [0, 0.05) is 24.2 Å². The maximum atomic E-state index is 12.0. The number of hydrogen-bond acceptors (Lipinski definition) is 3. The molecule has 0 bridgehead atoms. The van der Waals surface area contributed by atoms with Gasteiger partial charge in [-0.25, -0.2) is 0 Å². The summed E-state index contributed by atoms with van der Waals surface area (Å²) in [6, 6.07) is 7.04. The Morgan fingerprint density at radius 3 is 2.68 bits per heavy atom. The first kappa shape index (κ1) is 19.4. The van der Waals surface area contributed by atoms with Crippen LogP contribution in [0.3, 0.4) is 0 Å². The summed E-state index contributed by atoms with van der Waals surface area (Å²) < 4.78 is 0. The van der Waals surface area contributed by atoms with Gasteiger partial charge < -0.3 is 16.0 Å². The van der Waals surface area contributed by atoms with E-state index in [2.05, 4.69) is 16.0 Å². The molecular weight excluding hydrogens is 334 g/mol. The zero-order valence-corrected chi connectivity index (χ0v) is 15.6. The lowest BCUT2D eigenvalue weighted by Gasteiger charge is -2.21. The highest BCUT2D eigenvalue weighted by molar-refractivity contribution is 7.80. The highest BCUT2D eigenvalue weighted by Crippen LogP contribution is 2.27. The van der Waals surface area contributed by atoms with E-state index in [1.165, 1.54) is 32.1 Å². The molecular formula is C19H27N3O2S. The van der Waals surface area contributed by atoms with Gasteiger partial charge in [0.05, 0.1) is 0 Å². The number of anilines is 1. The van der Waals surface area contributed by atoms with E-state index >= 15 is 0 Å². The van der Waals surface area contributed by atoms with E-state index in [0.717, 1.165) is 6.42 Å². The summed E-state index contributed by atoms with van der Waals surface area (Å²) >= 11 is 5.20. The minimum Gasteiger partial charge on any atom is -0.352 e. The topological polar surface area (TPSA) is 70.2 Å².